The molecule has 1 saturated heterocycles. The lowest BCUT2D eigenvalue weighted by Crippen LogP contribution is -2.56. The van der Waals surface area contributed by atoms with Crippen LogP contribution in [0.1, 0.15) is 52.4 Å². The molecule has 2 fully saturated rings. The second kappa shape index (κ2) is 12.9. The first kappa shape index (κ1) is 22.7. The molecule has 2 aliphatic rings. The Morgan fingerprint density at radius 2 is 1.88 bits per heavy atom. The average molecular weight is 464 g/mol. The summed E-state index contributed by atoms with van der Waals surface area (Å²) in [4.78, 5) is 7.63. The molecule has 1 heterocycles. The first-order valence-corrected chi connectivity index (χ1v) is 9.77. The van der Waals surface area contributed by atoms with E-state index in [-0.39, 0.29) is 29.5 Å². The highest BCUT2D eigenvalue weighted by atomic mass is 127. The number of hydrogen-bond donors (Lipinski definition) is 2. The average Bonchev–Trinajstić information content (AvgIpc) is 2.64. The van der Waals surface area contributed by atoms with Crippen molar-refractivity contribution in [1.29, 1.82) is 0 Å². The van der Waals surface area contributed by atoms with Crippen LogP contribution >= 0.6 is 24.0 Å². The molecule has 0 bridgehead atoms. The Kier molecular flexibility index (Phi) is 11.7. The third-order valence-corrected chi connectivity index (χ3v) is 5.18. The molecule has 1 aliphatic carbocycles. The van der Waals surface area contributed by atoms with E-state index in [1.807, 2.05) is 0 Å². The van der Waals surface area contributed by atoms with Crippen molar-refractivity contribution < 1.29 is 4.74 Å². The van der Waals surface area contributed by atoms with Gasteiger partial charge in [0.1, 0.15) is 0 Å². The Bertz CT molecular complexity index is 402. The number of aliphatic imine (C=N–C) groups is 1. The zero-order valence-corrected chi connectivity index (χ0v) is 18.4. The van der Waals surface area contributed by atoms with Crippen molar-refractivity contribution in [3.63, 3.8) is 0 Å². The molecule has 5 nitrogen and oxygen atoms in total. The Labute approximate surface area is 171 Å². The zero-order valence-electron chi connectivity index (χ0n) is 16.1. The SMILES string of the molecule is C/C=C/CCNC(=NCC1(N2CCOCC2)CCCCC1)NCC.I. The van der Waals surface area contributed by atoms with Gasteiger partial charge in [-0.05, 0) is 33.1 Å². The van der Waals surface area contributed by atoms with E-state index in [2.05, 4.69) is 41.5 Å². The van der Waals surface area contributed by atoms with Crippen molar-refractivity contribution >= 4 is 29.9 Å². The van der Waals surface area contributed by atoms with Gasteiger partial charge in [-0.25, -0.2) is 0 Å². The van der Waals surface area contributed by atoms with Gasteiger partial charge in [-0.15, -0.1) is 24.0 Å². The molecule has 25 heavy (non-hydrogen) atoms. The summed E-state index contributed by atoms with van der Waals surface area (Å²) in [5.41, 5.74) is 0.244. The van der Waals surface area contributed by atoms with Gasteiger partial charge in [0.05, 0.1) is 19.8 Å². The normalized spacial score (nSPS) is 21.8. The summed E-state index contributed by atoms with van der Waals surface area (Å²) in [5.74, 6) is 0.959. The van der Waals surface area contributed by atoms with Crippen molar-refractivity contribution in [2.75, 3.05) is 45.9 Å². The first-order valence-electron chi connectivity index (χ1n) is 9.77. The molecule has 0 atom stereocenters. The second-order valence-electron chi connectivity index (χ2n) is 6.86. The van der Waals surface area contributed by atoms with Gasteiger partial charge in [-0.1, -0.05) is 31.4 Å². The molecule has 2 N–H and O–H groups in total. The predicted octanol–water partition coefficient (Wildman–Crippen LogP) is 3.16. The topological polar surface area (TPSA) is 48.9 Å². The van der Waals surface area contributed by atoms with Gasteiger partial charge in [0.25, 0.3) is 0 Å². The number of nitrogens with one attached hydrogen (secondary N) is 2. The largest absolute Gasteiger partial charge is 0.379 e. The minimum atomic E-state index is 0. The lowest BCUT2D eigenvalue weighted by molar-refractivity contribution is -0.0333. The summed E-state index contributed by atoms with van der Waals surface area (Å²) in [7, 11) is 0. The molecule has 1 saturated carbocycles. The molecule has 1 aliphatic heterocycles. The highest BCUT2D eigenvalue weighted by Crippen LogP contribution is 2.34. The maximum Gasteiger partial charge on any atom is 0.191 e. The van der Waals surface area contributed by atoms with Crippen LogP contribution in [0.4, 0.5) is 0 Å². The number of hydrogen-bond acceptors (Lipinski definition) is 3. The molecular formula is C19H37IN4O. The predicted molar refractivity (Wildman–Crippen MR) is 117 cm³/mol. The van der Waals surface area contributed by atoms with E-state index in [4.69, 9.17) is 9.73 Å². The van der Waals surface area contributed by atoms with Gasteiger partial charge < -0.3 is 15.4 Å². The molecular weight excluding hydrogens is 427 g/mol. The van der Waals surface area contributed by atoms with Crippen LogP contribution in [0.3, 0.4) is 0 Å². The van der Waals surface area contributed by atoms with Gasteiger partial charge >= 0.3 is 0 Å². The van der Waals surface area contributed by atoms with Crippen LogP contribution in [0.2, 0.25) is 0 Å². The standard InChI is InChI=1S/C19H36N4O.HI/c1-3-5-9-12-21-18(20-4-2)22-17-19(10-7-6-8-11-19)23-13-15-24-16-14-23;/h3,5H,4,6-17H2,1-2H3,(H2,20,21,22);1H/b5-3+;. The van der Waals surface area contributed by atoms with E-state index >= 15 is 0 Å². The van der Waals surface area contributed by atoms with Gasteiger partial charge in [0, 0.05) is 31.7 Å². The van der Waals surface area contributed by atoms with Crippen LogP contribution in [-0.4, -0.2) is 62.3 Å². The Balaban J connectivity index is 0.00000312. The fourth-order valence-corrected chi connectivity index (χ4v) is 3.83. The van der Waals surface area contributed by atoms with Crippen molar-refractivity contribution in [2.24, 2.45) is 4.99 Å². The van der Waals surface area contributed by atoms with E-state index < -0.39 is 0 Å². The lowest BCUT2D eigenvalue weighted by Gasteiger charge is -2.47. The van der Waals surface area contributed by atoms with Gasteiger partial charge in [0.15, 0.2) is 5.96 Å². The van der Waals surface area contributed by atoms with Gasteiger partial charge in [-0.3, -0.25) is 9.89 Å². The van der Waals surface area contributed by atoms with Gasteiger partial charge in [-0.2, -0.15) is 0 Å². The van der Waals surface area contributed by atoms with Crippen LogP contribution in [0.25, 0.3) is 0 Å². The fraction of sp³-hybridized carbons (Fsp3) is 0.842. The minimum absolute atomic E-state index is 0. The lowest BCUT2D eigenvalue weighted by atomic mass is 9.80. The van der Waals surface area contributed by atoms with Crippen LogP contribution in [0.5, 0.6) is 0 Å². The summed E-state index contributed by atoms with van der Waals surface area (Å²) >= 11 is 0. The third kappa shape index (κ3) is 7.43. The van der Waals surface area contributed by atoms with E-state index in [1.54, 1.807) is 0 Å². The molecule has 0 amide bonds. The molecule has 0 spiro atoms. The van der Waals surface area contributed by atoms with E-state index in [9.17, 15) is 0 Å². The summed E-state index contributed by atoms with van der Waals surface area (Å²) in [5, 5.41) is 6.85. The number of nitrogens with zero attached hydrogens (tertiary/aromatic N) is 2. The third-order valence-electron chi connectivity index (χ3n) is 5.18. The molecule has 0 aromatic carbocycles. The molecule has 0 radical (unpaired) electrons. The summed E-state index contributed by atoms with van der Waals surface area (Å²) in [6, 6.07) is 0. The van der Waals surface area contributed by atoms with Gasteiger partial charge in [0.2, 0.25) is 0 Å². The molecule has 6 heteroatoms. The number of ether oxygens (including phenoxy) is 1. The molecule has 0 aromatic rings. The minimum Gasteiger partial charge on any atom is -0.379 e. The number of halogens is 1. The Morgan fingerprint density at radius 3 is 2.52 bits per heavy atom. The van der Waals surface area contributed by atoms with Crippen LogP contribution in [-0.2, 0) is 4.74 Å². The maximum atomic E-state index is 5.57. The Hall–Kier alpha value is -0.340. The second-order valence-corrected chi connectivity index (χ2v) is 6.86. The molecule has 2 rings (SSSR count). The van der Waals surface area contributed by atoms with Crippen molar-refractivity contribution in [1.82, 2.24) is 15.5 Å². The molecule has 146 valence electrons. The quantitative estimate of drug-likeness (QED) is 0.200. The van der Waals surface area contributed by atoms with Crippen LogP contribution < -0.4 is 10.6 Å². The Morgan fingerprint density at radius 1 is 1.16 bits per heavy atom. The molecule has 0 aromatic heterocycles. The number of morpholine rings is 1. The summed E-state index contributed by atoms with van der Waals surface area (Å²) in [6.45, 7) is 10.8. The highest BCUT2D eigenvalue weighted by molar-refractivity contribution is 14.0. The number of guanidine groups is 1. The zero-order chi connectivity index (χ0) is 17.1. The molecule has 0 unspecified atom stereocenters. The maximum absolute atomic E-state index is 5.57. The van der Waals surface area contributed by atoms with E-state index in [1.165, 1.54) is 32.1 Å². The van der Waals surface area contributed by atoms with Crippen molar-refractivity contribution in [3.8, 4) is 0 Å². The summed E-state index contributed by atoms with van der Waals surface area (Å²) < 4.78 is 5.57. The van der Waals surface area contributed by atoms with E-state index in [0.717, 1.165) is 58.3 Å². The fourth-order valence-electron chi connectivity index (χ4n) is 3.83. The summed E-state index contributed by atoms with van der Waals surface area (Å²) in [6.07, 6.45) is 11.9. The number of rotatable bonds is 7. The monoisotopic (exact) mass is 464 g/mol. The number of allylic oxidation sites excluding steroid dienone is 1. The van der Waals surface area contributed by atoms with Crippen LogP contribution in [0, 0.1) is 0 Å². The van der Waals surface area contributed by atoms with E-state index in [0.29, 0.717) is 0 Å². The highest BCUT2D eigenvalue weighted by Gasteiger charge is 2.38. The first-order chi connectivity index (χ1) is 11.8. The van der Waals surface area contributed by atoms with Crippen LogP contribution in [0.15, 0.2) is 17.1 Å². The smallest absolute Gasteiger partial charge is 0.191 e. The van der Waals surface area contributed by atoms with Crippen molar-refractivity contribution in [3.05, 3.63) is 12.2 Å². The van der Waals surface area contributed by atoms with Crippen molar-refractivity contribution in [2.45, 2.75) is 57.9 Å².